The van der Waals surface area contributed by atoms with Gasteiger partial charge in [0.15, 0.2) is 5.82 Å². The molecule has 2 rings (SSSR count). The van der Waals surface area contributed by atoms with E-state index in [1.54, 1.807) is 6.92 Å². The summed E-state index contributed by atoms with van der Waals surface area (Å²) in [5.41, 5.74) is -0.157. The smallest absolute Gasteiger partial charge is 0.267 e. The van der Waals surface area contributed by atoms with Gasteiger partial charge in [0.1, 0.15) is 0 Å². The molecule has 1 unspecified atom stereocenters. The molecule has 1 aliphatic rings. The molecule has 0 aromatic heterocycles. The fourth-order valence-corrected chi connectivity index (χ4v) is 2.65. The monoisotopic (exact) mass is 347 g/mol. The van der Waals surface area contributed by atoms with Gasteiger partial charge in [0.2, 0.25) is 0 Å². The number of nitrogens with one attached hydrogen (secondary N) is 1. The predicted molar refractivity (Wildman–Crippen MR) is 82.1 cm³/mol. The van der Waals surface area contributed by atoms with Gasteiger partial charge in [-0.3, -0.25) is 4.79 Å². The van der Waals surface area contributed by atoms with Crippen molar-refractivity contribution in [1.82, 2.24) is 5.32 Å². The van der Waals surface area contributed by atoms with E-state index in [-0.39, 0.29) is 29.0 Å². The fraction of sp³-hybridized carbons (Fsp3) is 0.438. The van der Waals surface area contributed by atoms with E-state index in [1.807, 2.05) is 0 Å². The van der Waals surface area contributed by atoms with Gasteiger partial charge in [-0.2, -0.15) is 0 Å². The standard InChI is InChI=1S/C16H17ClF3NO2/c1-2-23-9-7-10-5-6-11(17)14(18)13(10)15(22)21-12-4-3-8-16(12,19)20/h5-7,9,12H,2-4,8H2,1H3,(H,21,22)/b9-7+. The molecule has 1 fully saturated rings. The number of rotatable bonds is 5. The van der Waals surface area contributed by atoms with Crippen molar-refractivity contribution in [3.8, 4) is 0 Å². The van der Waals surface area contributed by atoms with Gasteiger partial charge < -0.3 is 10.1 Å². The summed E-state index contributed by atoms with van der Waals surface area (Å²) < 4.78 is 46.5. The van der Waals surface area contributed by atoms with Crippen LogP contribution in [0.2, 0.25) is 5.02 Å². The van der Waals surface area contributed by atoms with Crippen LogP contribution >= 0.6 is 11.6 Å². The minimum Gasteiger partial charge on any atom is -0.501 e. The van der Waals surface area contributed by atoms with E-state index in [1.165, 1.54) is 24.5 Å². The lowest BCUT2D eigenvalue weighted by Gasteiger charge is -2.21. The van der Waals surface area contributed by atoms with E-state index >= 15 is 0 Å². The van der Waals surface area contributed by atoms with Crippen molar-refractivity contribution in [3.63, 3.8) is 0 Å². The lowest BCUT2D eigenvalue weighted by Crippen LogP contribution is -2.44. The van der Waals surface area contributed by atoms with E-state index < -0.39 is 23.7 Å². The van der Waals surface area contributed by atoms with Crippen molar-refractivity contribution in [3.05, 3.63) is 40.4 Å². The van der Waals surface area contributed by atoms with Crippen LogP contribution in [0.3, 0.4) is 0 Å². The van der Waals surface area contributed by atoms with Gasteiger partial charge in [-0.25, -0.2) is 13.2 Å². The molecule has 0 spiro atoms. The van der Waals surface area contributed by atoms with Crippen LogP contribution in [0.25, 0.3) is 6.08 Å². The second kappa shape index (κ2) is 7.25. The Balaban J connectivity index is 2.29. The van der Waals surface area contributed by atoms with Gasteiger partial charge >= 0.3 is 0 Å². The number of ether oxygens (including phenoxy) is 1. The average molecular weight is 348 g/mol. The van der Waals surface area contributed by atoms with E-state index in [9.17, 15) is 18.0 Å². The van der Waals surface area contributed by atoms with Crippen molar-refractivity contribution >= 4 is 23.6 Å². The van der Waals surface area contributed by atoms with Crippen molar-refractivity contribution in [2.24, 2.45) is 0 Å². The molecule has 1 N–H and O–H groups in total. The SMILES string of the molecule is CCO/C=C/c1ccc(Cl)c(F)c1C(=O)NC1CCCC1(F)F. The Bertz CT molecular complexity index is 620. The van der Waals surface area contributed by atoms with Gasteiger partial charge in [-0.05, 0) is 37.5 Å². The molecule has 1 aromatic carbocycles. The number of hydrogen-bond donors (Lipinski definition) is 1. The number of amides is 1. The summed E-state index contributed by atoms with van der Waals surface area (Å²) in [4.78, 5) is 12.3. The van der Waals surface area contributed by atoms with E-state index in [0.717, 1.165) is 0 Å². The van der Waals surface area contributed by atoms with Crippen LogP contribution in [0.5, 0.6) is 0 Å². The maximum atomic E-state index is 14.2. The Morgan fingerprint density at radius 2 is 2.26 bits per heavy atom. The molecule has 0 radical (unpaired) electrons. The van der Waals surface area contributed by atoms with Crippen LogP contribution in [-0.4, -0.2) is 24.5 Å². The number of halogens is 4. The second-order valence-corrected chi connectivity index (χ2v) is 5.67. The highest BCUT2D eigenvalue weighted by Gasteiger charge is 2.44. The third-order valence-electron chi connectivity index (χ3n) is 3.68. The summed E-state index contributed by atoms with van der Waals surface area (Å²) in [7, 11) is 0. The summed E-state index contributed by atoms with van der Waals surface area (Å²) >= 11 is 5.71. The van der Waals surface area contributed by atoms with E-state index in [0.29, 0.717) is 13.0 Å². The number of carbonyl (C=O) groups excluding carboxylic acids is 1. The van der Waals surface area contributed by atoms with Crippen LogP contribution in [0.1, 0.15) is 42.1 Å². The normalized spacial score (nSPS) is 20.0. The lowest BCUT2D eigenvalue weighted by molar-refractivity contribution is -0.0165. The molecular weight excluding hydrogens is 331 g/mol. The van der Waals surface area contributed by atoms with Crippen molar-refractivity contribution in [1.29, 1.82) is 0 Å². The number of alkyl halides is 2. The number of benzene rings is 1. The first-order valence-electron chi connectivity index (χ1n) is 7.31. The van der Waals surface area contributed by atoms with Gasteiger partial charge in [0.25, 0.3) is 11.8 Å². The Kier molecular flexibility index (Phi) is 5.57. The first-order valence-corrected chi connectivity index (χ1v) is 7.69. The molecule has 1 saturated carbocycles. The summed E-state index contributed by atoms with van der Waals surface area (Å²) in [6.45, 7) is 2.17. The van der Waals surface area contributed by atoms with Crippen LogP contribution in [0.4, 0.5) is 13.2 Å². The zero-order valence-corrected chi connectivity index (χ0v) is 13.3. The minimum atomic E-state index is -2.98. The van der Waals surface area contributed by atoms with Gasteiger partial charge in [-0.15, -0.1) is 0 Å². The molecule has 23 heavy (non-hydrogen) atoms. The van der Waals surface area contributed by atoms with Crippen LogP contribution < -0.4 is 5.32 Å². The highest BCUT2D eigenvalue weighted by Crippen LogP contribution is 2.35. The first-order chi connectivity index (χ1) is 10.9. The summed E-state index contributed by atoms with van der Waals surface area (Å²) in [5, 5.41) is 1.97. The maximum Gasteiger partial charge on any atom is 0.267 e. The van der Waals surface area contributed by atoms with Crippen LogP contribution in [0, 0.1) is 5.82 Å². The van der Waals surface area contributed by atoms with E-state index in [4.69, 9.17) is 16.3 Å². The van der Waals surface area contributed by atoms with Crippen molar-refractivity contribution in [2.45, 2.75) is 38.2 Å². The lowest BCUT2D eigenvalue weighted by atomic mass is 10.0. The molecular formula is C16H17ClF3NO2. The molecule has 0 heterocycles. The van der Waals surface area contributed by atoms with Gasteiger partial charge in [-0.1, -0.05) is 17.7 Å². The van der Waals surface area contributed by atoms with Crippen molar-refractivity contribution < 1.29 is 22.7 Å². The number of carbonyl (C=O) groups is 1. The fourth-order valence-electron chi connectivity index (χ4n) is 2.49. The van der Waals surface area contributed by atoms with Crippen molar-refractivity contribution in [2.75, 3.05) is 6.61 Å². The maximum absolute atomic E-state index is 14.2. The quantitative estimate of drug-likeness (QED) is 0.801. The highest BCUT2D eigenvalue weighted by molar-refractivity contribution is 6.31. The highest BCUT2D eigenvalue weighted by atomic mass is 35.5. The zero-order chi connectivity index (χ0) is 17.0. The molecule has 126 valence electrons. The second-order valence-electron chi connectivity index (χ2n) is 5.26. The third-order valence-corrected chi connectivity index (χ3v) is 3.97. The topological polar surface area (TPSA) is 38.3 Å². The Hall–Kier alpha value is -1.69. The Morgan fingerprint density at radius 1 is 1.52 bits per heavy atom. The average Bonchev–Trinajstić information content (AvgIpc) is 2.82. The van der Waals surface area contributed by atoms with Crippen LogP contribution in [-0.2, 0) is 4.74 Å². The van der Waals surface area contributed by atoms with E-state index in [2.05, 4.69) is 5.32 Å². The van der Waals surface area contributed by atoms with Gasteiger partial charge in [0.05, 0.1) is 29.5 Å². The molecule has 0 bridgehead atoms. The molecule has 7 heteroatoms. The Morgan fingerprint density at radius 3 is 2.87 bits per heavy atom. The first kappa shape index (κ1) is 17.7. The summed E-state index contributed by atoms with van der Waals surface area (Å²) in [6.07, 6.45) is 2.89. The Labute approximate surface area is 137 Å². The molecule has 1 aliphatic carbocycles. The molecule has 1 aromatic rings. The molecule has 1 amide bonds. The molecule has 0 aliphatic heterocycles. The zero-order valence-electron chi connectivity index (χ0n) is 12.5. The molecule has 3 nitrogen and oxygen atoms in total. The molecule has 1 atom stereocenters. The minimum absolute atomic E-state index is 0.158. The van der Waals surface area contributed by atoms with Gasteiger partial charge in [0, 0.05) is 6.42 Å². The third kappa shape index (κ3) is 3.99. The molecule has 0 saturated heterocycles. The number of hydrogen-bond acceptors (Lipinski definition) is 2. The summed E-state index contributed by atoms with van der Waals surface area (Å²) in [6, 6.07) is 1.43. The van der Waals surface area contributed by atoms with Crippen LogP contribution in [0.15, 0.2) is 18.4 Å². The largest absolute Gasteiger partial charge is 0.501 e. The summed E-state index contributed by atoms with van der Waals surface area (Å²) in [5.74, 6) is -4.83. The predicted octanol–water partition coefficient (Wildman–Crippen LogP) is 4.40.